The molecule has 0 radical (unpaired) electrons. The third kappa shape index (κ3) is 4.48. The molecule has 0 aliphatic heterocycles. The van der Waals surface area contributed by atoms with Gasteiger partial charge in [-0.2, -0.15) is 0 Å². The van der Waals surface area contributed by atoms with Gasteiger partial charge in [0, 0.05) is 18.8 Å². The maximum absolute atomic E-state index is 11.8. The summed E-state index contributed by atoms with van der Waals surface area (Å²) in [5, 5.41) is 2.87. The van der Waals surface area contributed by atoms with Crippen molar-refractivity contribution in [2.24, 2.45) is 11.7 Å². The standard InChI is InChI=1S/C12H20N4O/c1-8(2)4-10(5-13)16-12(17)11-7-14-9(3)6-15-11/h6-8,10H,4-5,13H2,1-3H3,(H,16,17). The van der Waals surface area contributed by atoms with Crippen LogP contribution in [0.4, 0.5) is 0 Å². The fourth-order valence-corrected chi connectivity index (χ4v) is 1.55. The quantitative estimate of drug-likeness (QED) is 0.795. The van der Waals surface area contributed by atoms with Crippen LogP contribution in [0.15, 0.2) is 12.4 Å². The van der Waals surface area contributed by atoms with E-state index in [0.717, 1.165) is 12.1 Å². The number of amides is 1. The van der Waals surface area contributed by atoms with Crippen LogP contribution in [0.3, 0.4) is 0 Å². The van der Waals surface area contributed by atoms with Gasteiger partial charge in [-0.15, -0.1) is 0 Å². The molecule has 0 spiro atoms. The van der Waals surface area contributed by atoms with E-state index in [2.05, 4.69) is 29.1 Å². The Labute approximate surface area is 102 Å². The second kappa shape index (κ2) is 6.30. The third-order valence-electron chi connectivity index (χ3n) is 2.39. The van der Waals surface area contributed by atoms with E-state index in [9.17, 15) is 4.79 Å². The number of aryl methyl sites for hydroxylation is 1. The lowest BCUT2D eigenvalue weighted by molar-refractivity contribution is 0.0928. The van der Waals surface area contributed by atoms with Crippen LogP contribution in [0, 0.1) is 12.8 Å². The lowest BCUT2D eigenvalue weighted by Crippen LogP contribution is -2.41. The number of nitrogens with two attached hydrogens (primary N) is 1. The average molecular weight is 236 g/mol. The molecule has 0 aliphatic carbocycles. The van der Waals surface area contributed by atoms with Gasteiger partial charge in [-0.1, -0.05) is 13.8 Å². The zero-order valence-electron chi connectivity index (χ0n) is 10.6. The molecule has 0 bridgehead atoms. The van der Waals surface area contributed by atoms with Gasteiger partial charge in [0.05, 0.1) is 11.9 Å². The Bertz CT molecular complexity index is 361. The van der Waals surface area contributed by atoms with Gasteiger partial charge < -0.3 is 11.1 Å². The van der Waals surface area contributed by atoms with E-state index in [-0.39, 0.29) is 11.9 Å². The lowest BCUT2D eigenvalue weighted by Gasteiger charge is -2.18. The highest BCUT2D eigenvalue weighted by atomic mass is 16.1. The number of rotatable bonds is 5. The van der Waals surface area contributed by atoms with Gasteiger partial charge >= 0.3 is 0 Å². The molecule has 0 saturated carbocycles. The molecule has 5 nitrogen and oxygen atoms in total. The number of carbonyl (C=O) groups is 1. The molecule has 17 heavy (non-hydrogen) atoms. The number of hydrogen-bond acceptors (Lipinski definition) is 4. The van der Waals surface area contributed by atoms with E-state index >= 15 is 0 Å². The van der Waals surface area contributed by atoms with Crippen LogP contribution < -0.4 is 11.1 Å². The van der Waals surface area contributed by atoms with E-state index in [1.807, 2.05) is 6.92 Å². The fraction of sp³-hybridized carbons (Fsp3) is 0.583. The van der Waals surface area contributed by atoms with E-state index in [1.165, 1.54) is 6.20 Å². The summed E-state index contributed by atoms with van der Waals surface area (Å²) in [6, 6.07) is -0.00870. The summed E-state index contributed by atoms with van der Waals surface area (Å²) in [7, 11) is 0. The molecule has 1 aromatic heterocycles. The minimum atomic E-state index is -0.214. The van der Waals surface area contributed by atoms with E-state index in [0.29, 0.717) is 18.2 Å². The van der Waals surface area contributed by atoms with Crippen LogP contribution in [0.25, 0.3) is 0 Å². The highest BCUT2D eigenvalue weighted by molar-refractivity contribution is 5.92. The van der Waals surface area contributed by atoms with Gasteiger partial charge in [-0.3, -0.25) is 9.78 Å². The molecule has 94 valence electrons. The monoisotopic (exact) mass is 236 g/mol. The predicted octanol–water partition coefficient (Wildman–Crippen LogP) is 0.888. The minimum Gasteiger partial charge on any atom is -0.347 e. The summed E-state index contributed by atoms with van der Waals surface area (Å²) in [6.45, 7) is 6.46. The van der Waals surface area contributed by atoms with Crippen LogP contribution in [-0.4, -0.2) is 28.5 Å². The second-order valence-electron chi connectivity index (χ2n) is 4.58. The molecule has 0 aliphatic rings. The summed E-state index contributed by atoms with van der Waals surface area (Å²) in [5.74, 6) is 0.279. The van der Waals surface area contributed by atoms with E-state index in [4.69, 9.17) is 5.73 Å². The van der Waals surface area contributed by atoms with Crippen molar-refractivity contribution in [3.8, 4) is 0 Å². The summed E-state index contributed by atoms with van der Waals surface area (Å²) in [4.78, 5) is 19.9. The molecule has 5 heteroatoms. The van der Waals surface area contributed by atoms with Crippen molar-refractivity contribution in [2.75, 3.05) is 6.54 Å². The number of carbonyl (C=O) groups excluding carboxylic acids is 1. The molecule has 1 unspecified atom stereocenters. The first-order valence-corrected chi connectivity index (χ1v) is 5.82. The fourth-order valence-electron chi connectivity index (χ4n) is 1.55. The largest absolute Gasteiger partial charge is 0.347 e. The van der Waals surface area contributed by atoms with Crippen molar-refractivity contribution in [1.29, 1.82) is 0 Å². The first-order valence-electron chi connectivity index (χ1n) is 5.82. The van der Waals surface area contributed by atoms with Crippen molar-refractivity contribution in [1.82, 2.24) is 15.3 Å². The van der Waals surface area contributed by atoms with Gasteiger partial charge in [0.2, 0.25) is 0 Å². The van der Waals surface area contributed by atoms with Crippen LogP contribution in [0.2, 0.25) is 0 Å². The number of nitrogens with one attached hydrogen (secondary N) is 1. The number of hydrogen-bond donors (Lipinski definition) is 2. The highest BCUT2D eigenvalue weighted by Crippen LogP contribution is 2.04. The molecule has 1 amide bonds. The van der Waals surface area contributed by atoms with Crippen LogP contribution in [-0.2, 0) is 0 Å². The molecule has 1 rings (SSSR count). The smallest absolute Gasteiger partial charge is 0.271 e. The minimum absolute atomic E-state index is 0.00870. The first kappa shape index (κ1) is 13.6. The van der Waals surface area contributed by atoms with Gasteiger partial charge in [-0.05, 0) is 19.3 Å². The van der Waals surface area contributed by atoms with Crippen molar-refractivity contribution in [3.05, 3.63) is 23.8 Å². The molecule has 0 aromatic carbocycles. The zero-order valence-corrected chi connectivity index (χ0v) is 10.6. The maximum atomic E-state index is 11.8. The molecule has 1 aromatic rings. The van der Waals surface area contributed by atoms with Gasteiger partial charge in [0.25, 0.3) is 5.91 Å². The van der Waals surface area contributed by atoms with Crippen molar-refractivity contribution in [2.45, 2.75) is 33.2 Å². The Morgan fingerprint density at radius 1 is 1.41 bits per heavy atom. The topological polar surface area (TPSA) is 80.9 Å². The Balaban J connectivity index is 2.61. The molecule has 0 saturated heterocycles. The van der Waals surface area contributed by atoms with Crippen molar-refractivity contribution in [3.63, 3.8) is 0 Å². The van der Waals surface area contributed by atoms with Crippen LogP contribution in [0.5, 0.6) is 0 Å². The van der Waals surface area contributed by atoms with Gasteiger partial charge in [0.15, 0.2) is 0 Å². The van der Waals surface area contributed by atoms with Gasteiger partial charge in [-0.25, -0.2) is 4.98 Å². The number of nitrogens with zero attached hydrogens (tertiary/aromatic N) is 2. The Kier molecular flexibility index (Phi) is 5.03. The normalized spacial score (nSPS) is 12.5. The average Bonchev–Trinajstić information content (AvgIpc) is 2.28. The molecular formula is C12H20N4O. The van der Waals surface area contributed by atoms with Gasteiger partial charge in [0.1, 0.15) is 5.69 Å². The molecule has 1 atom stereocenters. The summed E-state index contributed by atoms with van der Waals surface area (Å²) >= 11 is 0. The van der Waals surface area contributed by atoms with Crippen LogP contribution in [0.1, 0.15) is 36.5 Å². The molecule has 3 N–H and O–H groups in total. The Morgan fingerprint density at radius 3 is 2.59 bits per heavy atom. The lowest BCUT2D eigenvalue weighted by atomic mass is 10.0. The summed E-state index contributed by atoms with van der Waals surface area (Å²) < 4.78 is 0. The zero-order chi connectivity index (χ0) is 12.8. The second-order valence-corrected chi connectivity index (χ2v) is 4.58. The number of aromatic nitrogens is 2. The van der Waals surface area contributed by atoms with E-state index in [1.54, 1.807) is 6.20 Å². The Morgan fingerprint density at radius 2 is 2.12 bits per heavy atom. The SMILES string of the molecule is Cc1cnc(C(=O)NC(CN)CC(C)C)cn1. The van der Waals surface area contributed by atoms with Crippen molar-refractivity contribution < 1.29 is 4.79 Å². The maximum Gasteiger partial charge on any atom is 0.271 e. The predicted molar refractivity (Wildman–Crippen MR) is 66.5 cm³/mol. The highest BCUT2D eigenvalue weighted by Gasteiger charge is 2.14. The summed E-state index contributed by atoms with van der Waals surface area (Å²) in [6.07, 6.45) is 3.92. The molecule has 0 fully saturated rings. The van der Waals surface area contributed by atoms with E-state index < -0.39 is 0 Å². The first-order chi connectivity index (χ1) is 8.02. The van der Waals surface area contributed by atoms with Crippen molar-refractivity contribution >= 4 is 5.91 Å². The van der Waals surface area contributed by atoms with Crippen LogP contribution >= 0.6 is 0 Å². The Hall–Kier alpha value is -1.49. The third-order valence-corrected chi connectivity index (χ3v) is 2.39. The molecular weight excluding hydrogens is 216 g/mol. The summed E-state index contributed by atoms with van der Waals surface area (Å²) in [5.41, 5.74) is 6.74. The molecule has 1 heterocycles.